The molecular weight excluding hydrogens is 552 g/mol. The van der Waals surface area contributed by atoms with E-state index in [9.17, 15) is 0 Å². The number of hydrogen-bond donors (Lipinski definition) is 0. The maximum Gasteiger partial charge on any atom is 0.173 e. The van der Waals surface area contributed by atoms with Gasteiger partial charge in [-0.25, -0.2) is 9.13 Å². The summed E-state index contributed by atoms with van der Waals surface area (Å²) in [7, 11) is 0. The van der Waals surface area contributed by atoms with E-state index in [-0.39, 0.29) is 34.0 Å². The van der Waals surface area contributed by atoms with Crippen LogP contribution in [0.3, 0.4) is 0 Å². The number of benzene rings is 2. The molecule has 2 aromatic heterocycles. The lowest BCUT2D eigenvalue weighted by Gasteiger charge is -2.05. The molecule has 34 heavy (non-hydrogen) atoms. The van der Waals surface area contributed by atoms with E-state index in [0.29, 0.717) is 11.1 Å². The second-order valence-electron chi connectivity index (χ2n) is 7.87. The van der Waals surface area contributed by atoms with Crippen molar-refractivity contribution < 1.29 is 43.1 Å². The third kappa shape index (κ3) is 7.63. The first-order chi connectivity index (χ1) is 15.7. The Bertz CT molecular complexity index is 1150. The van der Waals surface area contributed by atoms with Crippen LogP contribution < -0.4 is 43.1 Å². The molecule has 2 aromatic carbocycles. The number of hydrogen-bond acceptors (Lipinski definition) is 2. The lowest BCUT2D eigenvalue weighted by Crippen LogP contribution is -3.00. The average molecular weight is 576 g/mol. The van der Waals surface area contributed by atoms with Gasteiger partial charge in [0.05, 0.1) is 23.3 Å². The van der Waals surface area contributed by atoms with Crippen LogP contribution >= 0.6 is 0 Å². The Morgan fingerprint density at radius 3 is 1.06 bits per heavy atom. The molecule has 0 saturated heterocycles. The fraction of sp³-hybridized carbons (Fsp3) is 0.143. The Kier molecular flexibility index (Phi) is 10.6. The highest BCUT2D eigenvalue weighted by Crippen LogP contribution is 2.11. The molecule has 4 rings (SSSR count). The zero-order valence-corrected chi connectivity index (χ0v) is 21.8. The highest BCUT2D eigenvalue weighted by molar-refractivity contribution is 5.27. The molecule has 0 aliphatic carbocycles. The predicted octanol–water partition coefficient (Wildman–Crippen LogP) is -2.11. The Morgan fingerprint density at radius 2 is 0.765 bits per heavy atom. The molecule has 0 saturated carbocycles. The molecular formula is C28H24Br2N4. The van der Waals surface area contributed by atoms with Gasteiger partial charge in [0.1, 0.15) is 0 Å². The van der Waals surface area contributed by atoms with Crippen LogP contribution in [-0.2, 0) is 25.9 Å². The lowest BCUT2D eigenvalue weighted by molar-refractivity contribution is -0.688. The maximum absolute atomic E-state index is 8.90. The van der Waals surface area contributed by atoms with Crippen molar-refractivity contribution in [1.29, 1.82) is 10.5 Å². The van der Waals surface area contributed by atoms with E-state index in [0.717, 1.165) is 25.9 Å². The van der Waals surface area contributed by atoms with Gasteiger partial charge in [0.2, 0.25) is 0 Å². The monoisotopic (exact) mass is 574 g/mol. The lowest BCUT2D eigenvalue weighted by atomic mass is 10.0. The SMILES string of the molecule is N#Cc1cc[n+](Cc2ccc(CCc3ccc(C[n+]4ccc(C#N)cc4)cc3)cc2)cc1.[Br-].[Br-]. The third-order valence-corrected chi connectivity index (χ3v) is 5.52. The van der Waals surface area contributed by atoms with Gasteiger partial charge < -0.3 is 34.0 Å². The molecule has 4 nitrogen and oxygen atoms in total. The summed E-state index contributed by atoms with van der Waals surface area (Å²) in [4.78, 5) is 0. The van der Waals surface area contributed by atoms with Crippen LogP contribution in [0.2, 0.25) is 0 Å². The van der Waals surface area contributed by atoms with Gasteiger partial charge in [-0.15, -0.1) is 0 Å². The van der Waals surface area contributed by atoms with E-state index in [1.165, 1.54) is 22.3 Å². The van der Waals surface area contributed by atoms with E-state index >= 15 is 0 Å². The molecule has 0 aliphatic rings. The largest absolute Gasteiger partial charge is 1.00 e. The van der Waals surface area contributed by atoms with Crippen molar-refractivity contribution in [3.8, 4) is 12.1 Å². The quantitative estimate of drug-likeness (QED) is 0.237. The van der Waals surface area contributed by atoms with E-state index in [2.05, 4.69) is 69.8 Å². The number of nitriles is 2. The minimum Gasteiger partial charge on any atom is -1.00 e. The number of aryl methyl sites for hydroxylation is 2. The van der Waals surface area contributed by atoms with Gasteiger partial charge in [-0.1, -0.05) is 48.5 Å². The van der Waals surface area contributed by atoms with Crippen molar-refractivity contribution in [2.75, 3.05) is 0 Å². The molecule has 0 spiro atoms. The van der Waals surface area contributed by atoms with E-state index in [4.69, 9.17) is 10.5 Å². The molecule has 6 heteroatoms. The normalized spacial score (nSPS) is 9.71. The second-order valence-corrected chi connectivity index (χ2v) is 7.87. The molecule has 0 N–H and O–H groups in total. The van der Waals surface area contributed by atoms with Crippen LogP contribution in [0.1, 0.15) is 33.4 Å². The Balaban J connectivity index is 0.00000204. The van der Waals surface area contributed by atoms with Crippen molar-refractivity contribution in [2.45, 2.75) is 25.9 Å². The van der Waals surface area contributed by atoms with Gasteiger partial charge >= 0.3 is 0 Å². The molecule has 0 fully saturated rings. The fourth-order valence-electron chi connectivity index (χ4n) is 3.61. The topological polar surface area (TPSA) is 55.3 Å². The average Bonchev–Trinajstić information content (AvgIpc) is 2.85. The maximum atomic E-state index is 8.90. The van der Waals surface area contributed by atoms with Crippen LogP contribution in [0, 0.1) is 22.7 Å². The summed E-state index contributed by atoms with van der Waals surface area (Å²) in [5, 5.41) is 17.8. The second kappa shape index (κ2) is 13.4. The van der Waals surface area contributed by atoms with Crippen molar-refractivity contribution in [2.24, 2.45) is 0 Å². The van der Waals surface area contributed by atoms with Crippen LogP contribution in [0.4, 0.5) is 0 Å². The van der Waals surface area contributed by atoms with Crippen molar-refractivity contribution in [3.63, 3.8) is 0 Å². The Morgan fingerprint density at radius 1 is 0.471 bits per heavy atom. The first-order valence-corrected chi connectivity index (χ1v) is 10.7. The molecule has 4 aromatic rings. The van der Waals surface area contributed by atoms with Gasteiger partial charge in [-0.05, 0) is 24.0 Å². The molecule has 0 unspecified atom stereocenters. The number of nitrogens with zero attached hydrogens (tertiary/aromatic N) is 4. The number of halogens is 2. The number of pyridine rings is 2. The van der Waals surface area contributed by atoms with E-state index < -0.39 is 0 Å². The first kappa shape index (κ1) is 26.9. The zero-order valence-electron chi connectivity index (χ0n) is 18.6. The summed E-state index contributed by atoms with van der Waals surface area (Å²) in [5.41, 5.74) is 6.50. The summed E-state index contributed by atoms with van der Waals surface area (Å²) in [6, 6.07) is 29.2. The summed E-state index contributed by atoms with van der Waals surface area (Å²) >= 11 is 0. The van der Waals surface area contributed by atoms with Gasteiger partial charge in [0, 0.05) is 35.4 Å². The standard InChI is InChI=1S/C28H24N4.2BrH/c29-19-25-11-15-31(16-12-25)21-27-7-3-23(4-8-27)1-2-24-5-9-28(10-6-24)22-32-17-13-26(20-30)14-18-32;;/h3-18H,1-2,21-22H2;2*1H/q+2;;/p-2. The molecule has 0 radical (unpaired) electrons. The molecule has 0 bridgehead atoms. The third-order valence-electron chi connectivity index (χ3n) is 5.52. The predicted molar refractivity (Wildman–Crippen MR) is 121 cm³/mol. The van der Waals surface area contributed by atoms with E-state index in [1.54, 1.807) is 0 Å². The Labute approximate surface area is 221 Å². The summed E-state index contributed by atoms with van der Waals surface area (Å²) < 4.78 is 4.15. The highest BCUT2D eigenvalue weighted by Gasteiger charge is 2.05. The van der Waals surface area contributed by atoms with Crippen molar-refractivity contribution in [1.82, 2.24) is 0 Å². The Hall–Kier alpha value is -3.32. The smallest absolute Gasteiger partial charge is 0.173 e. The van der Waals surface area contributed by atoms with Crippen LogP contribution in [0.25, 0.3) is 0 Å². The minimum absolute atomic E-state index is 0. The molecule has 0 aliphatic heterocycles. The van der Waals surface area contributed by atoms with Crippen LogP contribution in [-0.4, -0.2) is 0 Å². The minimum atomic E-state index is 0. The van der Waals surface area contributed by atoms with Crippen LogP contribution in [0.5, 0.6) is 0 Å². The highest BCUT2D eigenvalue weighted by atomic mass is 79.9. The summed E-state index contributed by atoms with van der Waals surface area (Å²) in [5.74, 6) is 0. The van der Waals surface area contributed by atoms with Gasteiger partial charge in [-0.2, -0.15) is 10.5 Å². The number of rotatable bonds is 7. The summed E-state index contributed by atoms with van der Waals surface area (Å²) in [6.07, 6.45) is 9.78. The molecule has 2 heterocycles. The molecule has 0 amide bonds. The van der Waals surface area contributed by atoms with Crippen LogP contribution in [0.15, 0.2) is 97.6 Å². The zero-order chi connectivity index (χ0) is 22.2. The first-order valence-electron chi connectivity index (χ1n) is 10.7. The van der Waals surface area contributed by atoms with Gasteiger partial charge in [0.25, 0.3) is 0 Å². The van der Waals surface area contributed by atoms with Gasteiger partial charge in [-0.3, -0.25) is 0 Å². The van der Waals surface area contributed by atoms with Crippen molar-refractivity contribution >= 4 is 0 Å². The number of aromatic nitrogens is 2. The molecule has 0 atom stereocenters. The fourth-order valence-corrected chi connectivity index (χ4v) is 3.61. The van der Waals surface area contributed by atoms with Crippen molar-refractivity contribution in [3.05, 3.63) is 131 Å². The summed E-state index contributed by atoms with van der Waals surface area (Å²) in [6.45, 7) is 1.59. The molecule has 170 valence electrons. The van der Waals surface area contributed by atoms with Gasteiger partial charge in [0.15, 0.2) is 37.9 Å². The van der Waals surface area contributed by atoms with E-state index in [1.807, 2.05) is 49.1 Å².